The number of benzene rings is 1. The zero-order chi connectivity index (χ0) is 20.7. The summed E-state index contributed by atoms with van der Waals surface area (Å²) in [5, 5.41) is 13.9. The van der Waals surface area contributed by atoms with Crippen molar-refractivity contribution in [1.29, 1.82) is 0 Å². The molecule has 0 heterocycles. The van der Waals surface area contributed by atoms with Gasteiger partial charge in [-0.2, -0.15) is 0 Å². The standard InChI is InChI=1S/C16H23N3O4.CH2O3/c1-2-22-15(21)12-7-9-13(10-8-12)23-14(20)6-4-3-5-11-19-16(17)18;2-1(3)4/h7-10H,2-6,11H2,1H3,(H4,17,18,19);(H2,2,3,4). The molecule has 27 heavy (non-hydrogen) atoms. The van der Waals surface area contributed by atoms with Crippen LogP contribution < -0.4 is 16.2 Å². The highest BCUT2D eigenvalue weighted by atomic mass is 16.6. The van der Waals surface area contributed by atoms with Gasteiger partial charge in [-0.25, -0.2) is 9.59 Å². The molecular weight excluding hydrogens is 358 g/mol. The van der Waals surface area contributed by atoms with Gasteiger partial charge in [-0.3, -0.25) is 9.79 Å². The lowest BCUT2D eigenvalue weighted by molar-refractivity contribution is -0.134. The van der Waals surface area contributed by atoms with Crippen molar-refractivity contribution in [3.8, 4) is 5.75 Å². The molecule has 0 amide bonds. The third-order valence-corrected chi connectivity index (χ3v) is 2.93. The first kappa shape index (κ1) is 23.7. The minimum Gasteiger partial charge on any atom is -0.462 e. The molecule has 1 aromatic rings. The van der Waals surface area contributed by atoms with E-state index in [1.54, 1.807) is 31.2 Å². The van der Waals surface area contributed by atoms with E-state index >= 15 is 0 Å². The van der Waals surface area contributed by atoms with Crippen molar-refractivity contribution in [3.63, 3.8) is 0 Å². The second kappa shape index (κ2) is 13.9. The number of unbranched alkanes of at least 4 members (excludes halogenated alkanes) is 2. The Hall–Kier alpha value is -3.30. The molecule has 150 valence electrons. The Kier molecular flexibility index (Phi) is 12.2. The number of hydrogen-bond donors (Lipinski definition) is 4. The summed E-state index contributed by atoms with van der Waals surface area (Å²) in [6.45, 7) is 2.62. The van der Waals surface area contributed by atoms with E-state index in [9.17, 15) is 9.59 Å². The van der Waals surface area contributed by atoms with Crippen molar-refractivity contribution in [2.45, 2.75) is 32.6 Å². The van der Waals surface area contributed by atoms with E-state index in [-0.39, 0.29) is 11.9 Å². The summed E-state index contributed by atoms with van der Waals surface area (Å²) in [5.41, 5.74) is 10.8. The van der Waals surface area contributed by atoms with E-state index in [1.807, 2.05) is 0 Å². The molecule has 0 saturated heterocycles. The van der Waals surface area contributed by atoms with Crippen molar-refractivity contribution in [1.82, 2.24) is 0 Å². The molecule has 10 heteroatoms. The zero-order valence-electron chi connectivity index (χ0n) is 15.1. The predicted octanol–water partition coefficient (Wildman–Crippen LogP) is 1.82. The fourth-order valence-electron chi connectivity index (χ4n) is 1.82. The van der Waals surface area contributed by atoms with Crippen LogP contribution in [0.15, 0.2) is 29.3 Å². The third kappa shape index (κ3) is 13.6. The molecule has 0 fully saturated rings. The van der Waals surface area contributed by atoms with Gasteiger partial charge in [0.1, 0.15) is 5.75 Å². The van der Waals surface area contributed by atoms with E-state index in [1.165, 1.54) is 0 Å². The fraction of sp³-hybridized carbons (Fsp3) is 0.412. The first-order valence-electron chi connectivity index (χ1n) is 8.21. The molecule has 0 aliphatic heterocycles. The van der Waals surface area contributed by atoms with Crippen LogP contribution in [0.25, 0.3) is 0 Å². The first-order valence-corrected chi connectivity index (χ1v) is 8.21. The van der Waals surface area contributed by atoms with Crippen LogP contribution in [0.1, 0.15) is 43.0 Å². The average Bonchev–Trinajstić information content (AvgIpc) is 2.58. The second-order valence-electron chi connectivity index (χ2n) is 5.12. The van der Waals surface area contributed by atoms with Gasteiger partial charge in [-0.1, -0.05) is 6.42 Å². The average molecular weight is 383 g/mol. The number of carboxylic acid groups (broad SMARTS) is 2. The molecule has 6 N–H and O–H groups in total. The van der Waals surface area contributed by atoms with Gasteiger partial charge in [0, 0.05) is 13.0 Å². The molecule has 0 saturated carbocycles. The number of hydrogen-bond acceptors (Lipinski definition) is 6. The maximum atomic E-state index is 11.7. The van der Waals surface area contributed by atoms with Crippen molar-refractivity contribution >= 4 is 24.1 Å². The Morgan fingerprint density at radius 1 is 1.04 bits per heavy atom. The largest absolute Gasteiger partial charge is 0.503 e. The summed E-state index contributed by atoms with van der Waals surface area (Å²) in [5.74, 6) is -0.221. The fourth-order valence-corrected chi connectivity index (χ4v) is 1.82. The minimum atomic E-state index is -1.83. The molecule has 0 atom stereocenters. The molecule has 10 nitrogen and oxygen atoms in total. The Labute approximate surface area is 156 Å². The van der Waals surface area contributed by atoms with Gasteiger partial charge < -0.3 is 31.2 Å². The Balaban J connectivity index is 0.00000153. The van der Waals surface area contributed by atoms with E-state index < -0.39 is 12.1 Å². The van der Waals surface area contributed by atoms with Crippen LogP contribution in [0, 0.1) is 0 Å². The van der Waals surface area contributed by atoms with Crippen molar-refractivity contribution in [2.24, 2.45) is 16.5 Å². The molecule has 0 aromatic heterocycles. The number of guanidine groups is 1. The maximum absolute atomic E-state index is 11.7. The van der Waals surface area contributed by atoms with Gasteiger partial charge in [0.2, 0.25) is 0 Å². The van der Waals surface area contributed by atoms with Crippen LogP contribution in [0.3, 0.4) is 0 Å². The molecule has 1 rings (SSSR count). The quantitative estimate of drug-likeness (QED) is 0.163. The maximum Gasteiger partial charge on any atom is 0.503 e. The van der Waals surface area contributed by atoms with Crippen molar-refractivity contribution < 1.29 is 34.1 Å². The van der Waals surface area contributed by atoms with Crippen LogP contribution in [0.5, 0.6) is 5.75 Å². The monoisotopic (exact) mass is 383 g/mol. The number of carbonyl (C=O) groups is 3. The summed E-state index contributed by atoms with van der Waals surface area (Å²) in [6, 6.07) is 6.28. The highest BCUT2D eigenvalue weighted by Gasteiger charge is 2.08. The van der Waals surface area contributed by atoms with Gasteiger partial charge in [0.05, 0.1) is 12.2 Å². The lowest BCUT2D eigenvalue weighted by atomic mass is 10.2. The number of nitrogens with two attached hydrogens (primary N) is 2. The lowest BCUT2D eigenvalue weighted by Crippen LogP contribution is -2.22. The van der Waals surface area contributed by atoms with E-state index in [0.29, 0.717) is 37.3 Å². The zero-order valence-corrected chi connectivity index (χ0v) is 15.1. The molecule has 0 radical (unpaired) electrons. The topological polar surface area (TPSA) is 175 Å². The van der Waals surface area contributed by atoms with Gasteiger partial charge in [-0.05, 0) is 44.0 Å². The van der Waals surface area contributed by atoms with Crippen LogP contribution in [0.4, 0.5) is 4.79 Å². The molecule has 0 aliphatic rings. The highest BCUT2D eigenvalue weighted by Crippen LogP contribution is 2.14. The Morgan fingerprint density at radius 2 is 1.63 bits per heavy atom. The van der Waals surface area contributed by atoms with Gasteiger partial charge in [0.25, 0.3) is 0 Å². The molecular formula is C17H25N3O7. The first-order chi connectivity index (χ1) is 12.8. The normalized spacial score (nSPS) is 9.37. The molecule has 0 unspecified atom stereocenters. The number of nitrogens with zero attached hydrogens (tertiary/aromatic N) is 1. The molecule has 0 bridgehead atoms. The van der Waals surface area contributed by atoms with Gasteiger partial charge >= 0.3 is 18.1 Å². The molecule has 0 aliphatic carbocycles. The van der Waals surface area contributed by atoms with Crippen LogP contribution in [-0.4, -0.2) is 47.4 Å². The van der Waals surface area contributed by atoms with Gasteiger partial charge in [-0.15, -0.1) is 0 Å². The smallest absolute Gasteiger partial charge is 0.462 e. The van der Waals surface area contributed by atoms with Crippen molar-refractivity contribution in [2.75, 3.05) is 13.2 Å². The Bertz CT molecular complexity index is 622. The highest BCUT2D eigenvalue weighted by molar-refractivity contribution is 5.89. The van der Waals surface area contributed by atoms with Crippen LogP contribution in [0.2, 0.25) is 0 Å². The second-order valence-corrected chi connectivity index (χ2v) is 5.12. The summed E-state index contributed by atoms with van der Waals surface area (Å²) in [4.78, 5) is 35.6. The van der Waals surface area contributed by atoms with Gasteiger partial charge in [0.15, 0.2) is 5.96 Å². The number of ether oxygens (including phenoxy) is 2. The summed E-state index contributed by atoms with van der Waals surface area (Å²) in [6.07, 6.45) is 0.855. The summed E-state index contributed by atoms with van der Waals surface area (Å²) in [7, 11) is 0. The van der Waals surface area contributed by atoms with E-state index in [0.717, 1.165) is 12.8 Å². The summed E-state index contributed by atoms with van der Waals surface area (Å²) >= 11 is 0. The van der Waals surface area contributed by atoms with Crippen molar-refractivity contribution in [3.05, 3.63) is 29.8 Å². The van der Waals surface area contributed by atoms with E-state index in [4.69, 9.17) is 35.9 Å². The molecule has 0 spiro atoms. The Morgan fingerprint density at radius 3 is 2.15 bits per heavy atom. The minimum absolute atomic E-state index is 0.0793. The number of rotatable bonds is 9. The lowest BCUT2D eigenvalue weighted by Gasteiger charge is -2.05. The molecule has 1 aromatic carbocycles. The summed E-state index contributed by atoms with van der Waals surface area (Å²) < 4.78 is 10.1. The predicted molar refractivity (Wildman–Crippen MR) is 97.8 cm³/mol. The van der Waals surface area contributed by atoms with Crippen LogP contribution >= 0.6 is 0 Å². The SMILES string of the molecule is CCOC(=O)c1ccc(OC(=O)CCCCCN=C(N)N)cc1.O=C(O)O. The van der Waals surface area contributed by atoms with Crippen LogP contribution in [-0.2, 0) is 9.53 Å². The third-order valence-electron chi connectivity index (χ3n) is 2.93. The number of esters is 2. The van der Waals surface area contributed by atoms with E-state index in [2.05, 4.69) is 4.99 Å². The number of aliphatic imine (C=N–C) groups is 1. The number of carbonyl (C=O) groups excluding carboxylic acids is 2.